The van der Waals surface area contributed by atoms with Gasteiger partial charge < -0.3 is 78.5 Å². The number of likely N-dealkylation sites (tertiary alicyclic amines) is 2. The molecule has 4 aromatic carbocycles. The predicted octanol–water partition coefficient (Wildman–Crippen LogP) is 13.6. The lowest BCUT2D eigenvalue weighted by atomic mass is 9.74. The second kappa shape index (κ2) is 46.0. The van der Waals surface area contributed by atoms with E-state index in [1.807, 2.05) is 60.7 Å². The van der Waals surface area contributed by atoms with Crippen molar-refractivity contribution in [1.29, 1.82) is 0 Å². The average Bonchev–Trinajstić information content (AvgIpc) is 1.38. The van der Waals surface area contributed by atoms with Gasteiger partial charge in [0.2, 0.25) is 29.6 Å². The minimum atomic E-state index is -0.739. The Bertz CT molecular complexity index is 6420. The number of Topliss-reactive ketones (excluding diaryl/α,β-unsaturated/α-hetero) is 2. The highest BCUT2D eigenvalue weighted by Gasteiger charge is 2.44. The van der Waals surface area contributed by atoms with Crippen LogP contribution in [0, 0.1) is 23.7 Å². The summed E-state index contributed by atoms with van der Waals surface area (Å²) in [7, 11) is 10.7. The first-order chi connectivity index (χ1) is 71.0. The fourth-order valence-electron chi connectivity index (χ4n) is 21.7. The molecule has 0 radical (unpaired) electrons. The van der Waals surface area contributed by atoms with E-state index in [-0.39, 0.29) is 111 Å². The topological polar surface area (TPSA) is 496 Å². The Kier molecular flexibility index (Phi) is 32.6. The van der Waals surface area contributed by atoms with Gasteiger partial charge in [0.15, 0.2) is 63.4 Å². The molecule has 6 atom stereocenters. The van der Waals surface area contributed by atoms with Gasteiger partial charge in [-0.05, 0) is 270 Å². The van der Waals surface area contributed by atoms with Gasteiger partial charge in [0.05, 0.1) is 36.2 Å². The van der Waals surface area contributed by atoms with Crippen molar-refractivity contribution >= 4 is 122 Å². The number of amides is 7. The van der Waals surface area contributed by atoms with Crippen LogP contribution >= 0.6 is 0 Å². The molecular formula is C109H142N30O9. The van der Waals surface area contributed by atoms with Crippen LogP contribution in [-0.2, 0) is 33.9 Å². The van der Waals surface area contributed by atoms with Crippen LogP contribution in [0.2, 0.25) is 0 Å². The van der Waals surface area contributed by atoms with Gasteiger partial charge in [0.1, 0.15) is 5.82 Å². The zero-order valence-electron chi connectivity index (χ0n) is 87.0. The molecule has 0 bridgehead atoms. The third kappa shape index (κ3) is 25.7. The van der Waals surface area contributed by atoms with Crippen LogP contribution in [0.5, 0.6) is 0 Å². The lowest BCUT2D eigenvalue weighted by Crippen LogP contribution is -2.54. The normalized spacial score (nSPS) is 20.9. The third-order valence-corrected chi connectivity index (χ3v) is 31.6. The molecule has 10 aromatic rings. The van der Waals surface area contributed by atoms with Crippen LogP contribution in [0.3, 0.4) is 0 Å². The summed E-state index contributed by atoms with van der Waals surface area (Å²) in [4.78, 5) is 156. The van der Waals surface area contributed by atoms with Crippen molar-refractivity contribution in [3.05, 3.63) is 190 Å². The van der Waals surface area contributed by atoms with Crippen LogP contribution in [0.4, 0.5) is 69.6 Å². The van der Waals surface area contributed by atoms with Gasteiger partial charge in [0.25, 0.3) is 23.6 Å². The lowest BCUT2D eigenvalue weighted by molar-refractivity contribution is -0.130. The number of nitrogens with zero attached hydrogens (tertiary/aromatic N) is 22. The number of nitrogens with one attached hydrogen (secondary N) is 4. The van der Waals surface area contributed by atoms with Gasteiger partial charge in [-0.3, -0.25) is 57.4 Å². The molecule has 39 heteroatoms. The van der Waals surface area contributed by atoms with Crippen LogP contribution in [0.25, 0.3) is 0 Å². The van der Waals surface area contributed by atoms with E-state index in [2.05, 4.69) is 162 Å². The summed E-state index contributed by atoms with van der Waals surface area (Å²) in [5, 5.41) is 37.7. The summed E-state index contributed by atoms with van der Waals surface area (Å²) in [5.74, 6) is 2.26. The fraction of sp³-hybridized carbons (Fsp3) is 0.514. The molecule has 4 aliphatic carbocycles. The van der Waals surface area contributed by atoms with Crippen molar-refractivity contribution in [3.63, 3.8) is 0 Å². The Balaban J connectivity index is 0.000000135. The van der Waals surface area contributed by atoms with Gasteiger partial charge in [0, 0.05) is 165 Å². The van der Waals surface area contributed by atoms with E-state index in [1.54, 1.807) is 92.4 Å². The molecule has 39 nitrogen and oxygen atoms in total. The molecule has 6 aromatic heterocycles. The van der Waals surface area contributed by atoms with Crippen LogP contribution in [0.15, 0.2) is 134 Å². The van der Waals surface area contributed by atoms with Crippen LogP contribution < -0.4 is 63.8 Å². The first-order valence-corrected chi connectivity index (χ1v) is 52.5. The Labute approximate surface area is 864 Å². The SMILES string of the molecule is C[C@@H]1[C@H](CC(=O)N(C)C)CCCN1c1nnc(C(N)=O)c(Nc2ccc(C3(C)CCN(C4CC4)CC3)cc2)n1.C[C@@H]1[C@H](CC(=O)N(C)C)CCCN1c1nnc(C(N)=O)c(Nc2ccc(C3CCN(C4CC4)CC3)cc2)n1.Cn1cc(Nc2nc(N3CCC[C@@H](CC(=O)c4ccc(C5CC5)cc4)C3(C)C)cnc2C(N)=O)cn1.Cn1cc(Nc2nc(N3CCC[C@@H](CC(=O)c4ccc(C5CC5)cc4)C3=O)cnc2C(N)=O)cn1. The Morgan fingerprint density at radius 3 is 1.24 bits per heavy atom. The zero-order valence-corrected chi connectivity index (χ0v) is 87.0. The van der Waals surface area contributed by atoms with E-state index in [1.165, 1.54) is 111 Å². The molecule has 12 heterocycles. The Hall–Kier alpha value is -14.4. The van der Waals surface area contributed by atoms with Crippen molar-refractivity contribution in [2.75, 3.05) is 121 Å². The molecule has 6 aliphatic heterocycles. The van der Waals surface area contributed by atoms with Gasteiger partial charge in [-0.15, -0.1) is 20.4 Å². The molecule has 20 rings (SSSR count). The average molecular weight is 2020 g/mol. The number of aryl methyl sites for hydroxylation is 2. The van der Waals surface area contributed by atoms with Crippen LogP contribution in [0.1, 0.15) is 291 Å². The van der Waals surface area contributed by atoms with Crippen molar-refractivity contribution in [3.8, 4) is 0 Å². The molecular weight excluding hydrogens is 1870 g/mol. The number of piperidine rings is 6. The highest BCUT2D eigenvalue weighted by atomic mass is 16.2. The number of hydrogen-bond donors (Lipinski definition) is 8. The number of carbonyl (C=O) groups is 9. The van der Waals surface area contributed by atoms with Gasteiger partial charge >= 0.3 is 0 Å². The Morgan fingerprint density at radius 1 is 0.405 bits per heavy atom. The molecule has 0 spiro atoms. The summed E-state index contributed by atoms with van der Waals surface area (Å²) in [6.45, 7) is 18.3. The number of aromatic nitrogens is 14. The smallest absolute Gasteiger partial charge is 0.273 e. The number of anilines is 12. The predicted molar refractivity (Wildman–Crippen MR) is 568 cm³/mol. The number of ketones is 2. The van der Waals surface area contributed by atoms with Gasteiger partial charge in [-0.1, -0.05) is 79.7 Å². The van der Waals surface area contributed by atoms with Crippen molar-refractivity contribution < 1.29 is 43.2 Å². The number of carbonyl (C=O) groups excluding carboxylic acids is 9. The van der Waals surface area contributed by atoms with E-state index >= 15 is 0 Å². The molecule has 4 saturated carbocycles. The number of hydrogen-bond acceptors (Lipinski definition) is 30. The summed E-state index contributed by atoms with van der Waals surface area (Å²) in [6, 6.07) is 34.5. The van der Waals surface area contributed by atoms with Gasteiger partial charge in [-0.2, -0.15) is 20.2 Å². The highest BCUT2D eigenvalue weighted by molar-refractivity contribution is 6.03. The number of rotatable bonds is 32. The van der Waals surface area contributed by atoms with E-state index in [9.17, 15) is 43.2 Å². The summed E-state index contributed by atoms with van der Waals surface area (Å²) in [6.07, 6.45) is 33.4. The van der Waals surface area contributed by atoms with E-state index in [0.29, 0.717) is 102 Å². The van der Waals surface area contributed by atoms with Crippen molar-refractivity contribution in [2.45, 2.75) is 242 Å². The molecule has 0 unspecified atom stereocenters. The third-order valence-electron chi connectivity index (χ3n) is 31.6. The second-order valence-electron chi connectivity index (χ2n) is 43.0. The first-order valence-electron chi connectivity index (χ1n) is 52.5. The quantitative estimate of drug-likeness (QED) is 0.0182. The minimum absolute atomic E-state index is 0.00577. The fourth-order valence-corrected chi connectivity index (χ4v) is 21.7. The van der Waals surface area contributed by atoms with Crippen molar-refractivity contribution in [2.24, 2.45) is 60.7 Å². The molecule has 7 amide bonds. The maximum absolute atomic E-state index is 13.3. The molecule has 148 heavy (non-hydrogen) atoms. The lowest BCUT2D eigenvalue weighted by Gasteiger charge is -2.48. The first kappa shape index (κ1) is 105. The highest BCUT2D eigenvalue weighted by Crippen LogP contribution is 2.46. The summed E-state index contributed by atoms with van der Waals surface area (Å²) < 4.78 is 3.25. The number of benzene rings is 4. The Morgan fingerprint density at radius 2 is 0.804 bits per heavy atom. The summed E-state index contributed by atoms with van der Waals surface area (Å²) >= 11 is 0. The number of primary amides is 4. The summed E-state index contributed by atoms with van der Waals surface area (Å²) in [5.41, 5.74) is 31.8. The minimum Gasteiger partial charge on any atom is -0.364 e. The van der Waals surface area contributed by atoms with E-state index in [0.717, 1.165) is 120 Å². The molecule has 12 N–H and O–H groups in total. The standard InChI is InChI=1S/C29H42N8O2.C28H40N8O2.C27H33N7O2.C25H27N7O3/c1-19-20(18-24(38)35(3)4)6-5-15-37(19)28-32-27(25(26(30)39)33-34-28)31-22-9-7-21(8-10-22)29(2)13-16-36(17-14-29)23-11-12-23;1-18-21(17-24(37)34(2)3)5-4-14-36(18)28-31-27(25(26(29)38)32-33-28)30-22-8-6-19(7-9-22)20-12-15-35(16-13-20)23-10-11-23;1-27(2)20(13-22(35)19-10-8-18(9-11-19)17-6-7-17)5-4-12-34(27)23-15-29-24(25(28)36)26(32-23)31-21-14-30-33(3)16-21;1-31-14-19(12-28-31)29-24-22(23(26)34)27-13-21(30-24)32-10-2-3-18(25(32)35)11-20(33)17-8-6-16(7-9-17)15-4-5-15/h7-10,19-20,23H,5-6,11-18H2,1-4H3,(H2,30,39)(H,31,32,34);6-9,18,20-21,23H,4-5,10-17H2,1-3H3,(H2,29,38)(H,30,31,33);8-11,14-17,20H,4-7,12-13H2,1-3H3,(H2,28,36)(H,31,32);6-9,12-15,18H,2-5,10-11H2,1H3,(H2,26,34)(H,29,30)/t19-,20+;18-,21+;20-;18-/m1100/s1. The maximum Gasteiger partial charge on any atom is 0.273 e. The zero-order chi connectivity index (χ0) is 105. The molecule has 782 valence electrons. The van der Waals surface area contributed by atoms with E-state index in [4.69, 9.17) is 37.9 Å². The van der Waals surface area contributed by atoms with Crippen molar-refractivity contribution in [1.82, 2.24) is 89.5 Å². The monoisotopic (exact) mass is 2020 g/mol. The molecule has 10 aliphatic rings. The second-order valence-corrected chi connectivity index (χ2v) is 43.0. The number of nitrogens with two attached hydrogens (primary N) is 4. The van der Waals surface area contributed by atoms with E-state index < -0.39 is 29.5 Å². The maximum atomic E-state index is 13.3. The van der Waals surface area contributed by atoms with Crippen LogP contribution in [-0.4, -0.2) is 253 Å². The largest absolute Gasteiger partial charge is 0.364 e. The molecule has 6 saturated heterocycles. The molecule has 10 fully saturated rings. The van der Waals surface area contributed by atoms with Gasteiger partial charge in [-0.25, -0.2) is 19.9 Å².